The lowest BCUT2D eigenvalue weighted by Crippen LogP contribution is -2.38. The molecule has 0 aromatic heterocycles. The van der Waals surface area contributed by atoms with E-state index in [1.807, 2.05) is 0 Å². The van der Waals surface area contributed by atoms with Crippen LogP contribution in [0.4, 0.5) is 0 Å². The smallest absolute Gasteiger partial charge is 0.308 e. The van der Waals surface area contributed by atoms with Crippen molar-refractivity contribution in [3.8, 4) is 0 Å². The number of amides is 1. The molecule has 0 saturated heterocycles. The van der Waals surface area contributed by atoms with Crippen LogP contribution in [0.5, 0.6) is 0 Å². The maximum atomic E-state index is 11.8. The van der Waals surface area contributed by atoms with Crippen LogP contribution in [0.15, 0.2) is 0 Å². The lowest BCUT2D eigenvalue weighted by atomic mass is 9.87. The lowest BCUT2D eigenvalue weighted by molar-refractivity contribution is -0.149. The number of hydrogen-bond acceptors (Lipinski definition) is 4. The van der Waals surface area contributed by atoms with Gasteiger partial charge in [0.25, 0.3) is 0 Å². The van der Waals surface area contributed by atoms with E-state index in [9.17, 15) is 9.59 Å². The van der Waals surface area contributed by atoms with Gasteiger partial charge in [0.2, 0.25) is 5.91 Å². The lowest BCUT2D eigenvalue weighted by Gasteiger charge is -2.28. The SMILES string of the molecule is CCCCNC(=O)C(C)OC1CCC(C(=O)OC)CC1. The minimum atomic E-state index is -0.425. The molecule has 0 aromatic rings. The Kier molecular flexibility index (Phi) is 7.59. The predicted octanol–water partition coefficient (Wildman–Crippen LogP) is 2.04. The summed E-state index contributed by atoms with van der Waals surface area (Å²) in [6, 6.07) is 0. The fourth-order valence-corrected chi connectivity index (χ4v) is 2.48. The highest BCUT2D eigenvalue weighted by Crippen LogP contribution is 2.27. The number of carbonyl (C=O) groups is 2. The van der Waals surface area contributed by atoms with Gasteiger partial charge >= 0.3 is 5.97 Å². The molecule has 0 spiro atoms. The number of hydrogen-bond donors (Lipinski definition) is 1. The van der Waals surface area contributed by atoms with Gasteiger partial charge < -0.3 is 14.8 Å². The second kappa shape index (κ2) is 8.95. The van der Waals surface area contributed by atoms with Gasteiger partial charge in [-0.05, 0) is 39.0 Å². The fraction of sp³-hybridized carbons (Fsp3) is 0.867. The second-order valence-corrected chi connectivity index (χ2v) is 5.42. The van der Waals surface area contributed by atoms with Crippen LogP contribution in [-0.4, -0.2) is 37.7 Å². The molecule has 1 fully saturated rings. The quantitative estimate of drug-likeness (QED) is 0.574. The highest BCUT2D eigenvalue weighted by atomic mass is 16.5. The summed E-state index contributed by atoms with van der Waals surface area (Å²) in [5.74, 6) is -0.184. The zero-order chi connectivity index (χ0) is 15.0. The van der Waals surface area contributed by atoms with E-state index in [1.165, 1.54) is 7.11 Å². The third kappa shape index (κ3) is 5.49. The Morgan fingerprint density at radius 2 is 1.90 bits per heavy atom. The van der Waals surface area contributed by atoms with Crippen molar-refractivity contribution in [2.75, 3.05) is 13.7 Å². The summed E-state index contributed by atoms with van der Waals surface area (Å²) in [5.41, 5.74) is 0. The number of methoxy groups -OCH3 is 1. The minimum absolute atomic E-state index is 0.00598. The number of rotatable bonds is 7. The molecular weight excluding hydrogens is 258 g/mol. The minimum Gasteiger partial charge on any atom is -0.469 e. The van der Waals surface area contributed by atoms with Gasteiger partial charge in [-0.15, -0.1) is 0 Å². The van der Waals surface area contributed by atoms with Gasteiger partial charge in [0.05, 0.1) is 19.1 Å². The average Bonchev–Trinajstić information content (AvgIpc) is 2.47. The molecule has 5 nitrogen and oxygen atoms in total. The van der Waals surface area contributed by atoms with Gasteiger partial charge in [0.1, 0.15) is 6.10 Å². The number of nitrogens with one attached hydrogen (secondary N) is 1. The summed E-state index contributed by atoms with van der Waals surface area (Å²) in [7, 11) is 1.42. The Morgan fingerprint density at radius 3 is 2.45 bits per heavy atom. The number of unbranched alkanes of at least 4 members (excludes halogenated alkanes) is 1. The molecule has 1 saturated carbocycles. The van der Waals surface area contributed by atoms with E-state index in [0.29, 0.717) is 6.54 Å². The molecule has 5 heteroatoms. The molecule has 1 amide bonds. The van der Waals surface area contributed by atoms with E-state index in [0.717, 1.165) is 38.5 Å². The molecule has 1 atom stereocenters. The molecule has 1 N–H and O–H groups in total. The predicted molar refractivity (Wildman–Crippen MR) is 76.2 cm³/mol. The van der Waals surface area contributed by atoms with Gasteiger partial charge in [0.15, 0.2) is 0 Å². The molecular formula is C15H27NO4. The van der Waals surface area contributed by atoms with Crippen molar-refractivity contribution >= 4 is 11.9 Å². The zero-order valence-electron chi connectivity index (χ0n) is 12.8. The van der Waals surface area contributed by atoms with Crippen LogP contribution < -0.4 is 5.32 Å². The van der Waals surface area contributed by atoms with Crippen molar-refractivity contribution in [1.29, 1.82) is 0 Å². The first-order valence-corrected chi connectivity index (χ1v) is 7.59. The van der Waals surface area contributed by atoms with Gasteiger partial charge in [-0.2, -0.15) is 0 Å². The summed E-state index contributed by atoms with van der Waals surface area (Å²) in [5, 5.41) is 2.87. The van der Waals surface area contributed by atoms with Crippen molar-refractivity contribution in [3.63, 3.8) is 0 Å². The first-order valence-electron chi connectivity index (χ1n) is 7.59. The van der Waals surface area contributed by atoms with E-state index in [1.54, 1.807) is 6.92 Å². The normalized spacial score (nSPS) is 23.9. The molecule has 0 aliphatic heterocycles. The molecule has 1 aliphatic carbocycles. The van der Waals surface area contributed by atoms with E-state index in [-0.39, 0.29) is 23.9 Å². The van der Waals surface area contributed by atoms with Crippen LogP contribution in [0.2, 0.25) is 0 Å². The Morgan fingerprint density at radius 1 is 1.25 bits per heavy atom. The van der Waals surface area contributed by atoms with Crippen LogP contribution >= 0.6 is 0 Å². The summed E-state index contributed by atoms with van der Waals surface area (Å²) < 4.78 is 10.5. The number of esters is 1. The molecule has 1 aliphatic rings. The van der Waals surface area contributed by atoms with Crippen LogP contribution in [0, 0.1) is 5.92 Å². The average molecular weight is 285 g/mol. The first kappa shape index (κ1) is 17.0. The van der Waals surface area contributed by atoms with Crippen LogP contribution in [0.1, 0.15) is 52.4 Å². The third-order valence-corrected chi connectivity index (χ3v) is 3.80. The monoisotopic (exact) mass is 285 g/mol. The Bertz CT molecular complexity index is 311. The van der Waals surface area contributed by atoms with Crippen molar-refractivity contribution in [2.24, 2.45) is 5.92 Å². The molecule has 0 bridgehead atoms. The molecule has 0 heterocycles. The summed E-state index contributed by atoms with van der Waals surface area (Å²) in [4.78, 5) is 23.2. The largest absolute Gasteiger partial charge is 0.469 e. The summed E-state index contributed by atoms with van der Waals surface area (Å²) in [6.07, 6.45) is 4.88. The zero-order valence-corrected chi connectivity index (χ0v) is 12.8. The van der Waals surface area contributed by atoms with E-state index < -0.39 is 6.10 Å². The molecule has 1 unspecified atom stereocenters. The van der Waals surface area contributed by atoms with Crippen molar-refractivity contribution in [2.45, 2.75) is 64.6 Å². The fourth-order valence-electron chi connectivity index (χ4n) is 2.48. The summed E-state index contributed by atoms with van der Waals surface area (Å²) >= 11 is 0. The van der Waals surface area contributed by atoms with Crippen molar-refractivity contribution in [1.82, 2.24) is 5.32 Å². The van der Waals surface area contributed by atoms with Crippen LogP contribution in [0.3, 0.4) is 0 Å². The Hall–Kier alpha value is -1.10. The van der Waals surface area contributed by atoms with E-state index in [4.69, 9.17) is 9.47 Å². The maximum absolute atomic E-state index is 11.8. The van der Waals surface area contributed by atoms with Gasteiger partial charge in [-0.25, -0.2) is 0 Å². The first-order chi connectivity index (χ1) is 9.58. The van der Waals surface area contributed by atoms with Crippen molar-refractivity contribution < 1.29 is 19.1 Å². The highest BCUT2D eigenvalue weighted by Gasteiger charge is 2.29. The van der Waals surface area contributed by atoms with Crippen LogP contribution in [-0.2, 0) is 19.1 Å². The van der Waals surface area contributed by atoms with E-state index in [2.05, 4.69) is 12.2 Å². The Balaban J connectivity index is 2.25. The van der Waals surface area contributed by atoms with Crippen LogP contribution in [0.25, 0.3) is 0 Å². The number of carbonyl (C=O) groups excluding carboxylic acids is 2. The Labute approximate surface area is 121 Å². The van der Waals surface area contributed by atoms with E-state index >= 15 is 0 Å². The molecule has 0 aromatic carbocycles. The summed E-state index contributed by atoms with van der Waals surface area (Å²) in [6.45, 7) is 4.58. The standard InChI is InChI=1S/C15H27NO4/c1-4-5-10-16-14(17)11(2)20-13-8-6-12(7-9-13)15(18)19-3/h11-13H,4-10H2,1-3H3,(H,16,17). The highest BCUT2D eigenvalue weighted by molar-refractivity contribution is 5.80. The topological polar surface area (TPSA) is 64.6 Å². The molecule has 1 rings (SSSR count). The van der Waals surface area contributed by atoms with Gasteiger partial charge in [-0.3, -0.25) is 9.59 Å². The second-order valence-electron chi connectivity index (χ2n) is 5.42. The third-order valence-electron chi connectivity index (χ3n) is 3.80. The molecule has 0 radical (unpaired) electrons. The molecule has 20 heavy (non-hydrogen) atoms. The van der Waals surface area contributed by atoms with Crippen molar-refractivity contribution in [3.05, 3.63) is 0 Å². The van der Waals surface area contributed by atoms with Gasteiger partial charge in [0, 0.05) is 6.54 Å². The van der Waals surface area contributed by atoms with Gasteiger partial charge in [-0.1, -0.05) is 13.3 Å². The number of ether oxygens (including phenoxy) is 2. The molecule has 116 valence electrons. The maximum Gasteiger partial charge on any atom is 0.308 e.